The SMILES string of the molecule is CN1C[C@H](Cn2ccnc2-c2ccccc2)CC2c3cccc4[nH]c(Cl)c(c34)C[C@H]21. The van der Waals surface area contributed by atoms with Crippen molar-refractivity contribution in [2.24, 2.45) is 5.92 Å². The number of hydrogen-bond donors (Lipinski definition) is 1. The summed E-state index contributed by atoms with van der Waals surface area (Å²) in [6.07, 6.45) is 6.28. The third kappa shape index (κ3) is 2.82. The first kappa shape index (κ1) is 18.2. The highest BCUT2D eigenvalue weighted by Crippen LogP contribution is 2.46. The quantitative estimate of drug-likeness (QED) is 0.489. The van der Waals surface area contributed by atoms with Crippen molar-refractivity contribution in [2.75, 3.05) is 13.6 Å². The van der Waals surface area contributed by atoms with Crippen molar-refractivity contribution < 1.29 is 0 Å². The number of hydrogen-bond acceptors (Lipinski definition) is 2. The first-order chi connectivity index (χ1) is 14.7. The molecule has 3 atom stereocenters. The maximum absolute atomic E-state index is 6.57. The van der Waals surface area contributed by atoms with Crippen molar-refractivity contribution in [3.63, 3.8) is 0 Å². The minimum atomic E-state index is 0.518. The number of nitrogens with one attached hydrogen (secondary N) is 1. The Balaban J connectivity index is 1.33. The molecule has 1 aliphatic heterocycles. The van der Waals surface area contributed by atoms with Gasteiger partial charge < -0.3 is 14.5 Å². The second-order valence-electron chi connectivity index (χ2n) is 8.88. The third-order valence-electron chi connectivity index (χ3n) is 7.09. The lowest BCUT2D eigenvalue weighted by Gasteiger charge is -2.45. The highest BCUT2D eigenvalue weighted by atomic mass is 35.5. The van der Waals surface area contributed by atoms with E-state index in [-0.39, 0.29) is 0 Å². The normalized spacial score (nSPS) is 23.6. The van der Waals surface area contributed by atoms with E-state index in [4.69, 9.17) is 11.6 Å². The Kier molecular flexibility index (Phi) is 4.25. The van der Waals surface area contributed by atoms with Gasteiger partial charge in [0.05, 0.1) is 0 Å². The van der Waals surface area contributed by atoms with Gasteiger partial charge in [0.25, 0.3) is 0 Å². The molecule has 1 N–H and O–H groups in total. The summed E-state index contributed by atoms with van der Waals surface area (Å²) in [5.41, 5.74) is 5.12. The second kappa shape index (κ2) is 7.00. The molecular weight excluding hydrogens is 392 g/mol. The summed E-state index contributed by atoms with van der Waals surface area (Å²) in [7, 11) is 2.28. The molecule has 0 amide bonds. The summed E-state index contributed by atoms with van der Waals surface area (Å²) in [6, 6.07) is 17.6. The van der Waals surface area contributed by atoms with E-state index in [2.05, 4.69) is 81.2 Å². The van der Waals surface area contributed by atoms with E-state index in [0.29, 0.717) is 17.9 Å². The first-order valence-corrected chi connectivity index (χ1v) is 11.1. The molecule has 4 aromatic rings. The molecule has 1 aliphatic carbocycles. The molecule has 2 aliphatic rings. The number of rotatable bonds is 3. The lowest BCUT2D eigenvalue weighted by Crippen LogP contribution is -2.48. The van der Waals surface area contributed by atoms with Crippen LogP contribution in [0.25, 0.3) is 22.3 Å². The van der Waals surface area contributed by atoms with Crippen LogP contribution in [0.3, 0.4) is 0 Å². The summed E-state index contributed by atoms with van der Waals surface area (Å²) < 4.78 is 2.33. The molecule has 1 fully saturated rings. The smallest absolute Gasteiger partial charge is 0.139 e. The van der Waals surface area contributed by atoms with Crippen LogP contribution in [0.4, 0.5) is 0 Å². The fourth-order valence-corrected chi connectivity index (χ4v) is 6.09. The zero-order valence-electron chi connectivity index (χ0n) is 17.1. The first-order valence-electron chi connectivity index (χ1n) is 10.7. The van der Waals surface area contributed by atoms with E-state index in [1.165, 1.54) is 34.0 Å². The van der Waals surface area contributed by atoms with Crippen molar-refractivity contribution in [1.82, 2.24) is 19.4 Å². The Labute approximate surface area is 181 Å². The second-order valence-corrected chi connectivity index (χ2v) is 9.25. The molecular formula is C25H25ClN4. The highest BCUT2D eigenvalue weighted by molar-refractivity contribution is 6.32. The van der Waals surface area contributed by atoms with Crippen LogP contribution in [0.5, 0.6) is 0 Å². The van der Waals surface area contributed by atoms with Crippen molar-refractivity contribution in [1.29, 1.82) is 0 Å². The monoisotopic (exact) mass is 416 g/mol. The van der Waals surface area contributed by atoms with Gasteiger partial charge in [0.15, 0.2) is 0 Å². The van der Waals surface area contributed by atoms with Gasteiger partial charge in [-0.05, 0) is 43.0 Å². The van der Waals surface area contributed by atoms with Crippen LogP contribution < -0.4 is 0 Å². The van der Waals surface area contributed by atoms with Crippen molar-refractivity contribution >= 4 is 22.5 Å². The van der Waals surface area contributed by atoms with E-state index in [1.807, 2.05) is 6.20 Å². The number of piperidine rings is 1. The van der Waals surface area contributed by atoms with E-state index in [0.717, 1.165) is 30.5 Å². The Morgan fingerprint density at radius 2 is 2.00 bits per heavy atom. The van der Waals surface area contributed by atoms with E-state index in [1.54, 1.807) is 0 Å². The van der Waals surface area contributed by atoms with Gasteiger partial charge in [-0.3, -0.25) is 0 Å². The van der Waals surface area contributed by atoms with E-state index >= 15 is 0 Å². The molecule has 0 spiro atoms. The van der Waals surface area contributed by atoms with Gasteiger partial charge in [0.2, 0.25) is 0 Å². The molecule has 5 heteroatoms. The predicted octanol–water partition coefficient (Wildman–Crippen LogP) is 5.35. The molecule has 0 radical (unpaired) electrons. The van der Waals surface area contributed by atoms with Gasteiger partial charge >= 0.3 is 0 Å². The van der Waals surface area contributed by atoms with Crippen molar-refractivity contribution in [2.45, 2.75) is 31.3 Å². The topological polar surface area (TPSA) is 36.9 Å². The van der Waals surface area contributed by atoms with Crippen LogP contribution in [0.1, 0.15) is 23.5 Å². The minimum Gasteiger partial charge on any atom is -0.345 e. The number of H-pyrrole nitrogens is 1. The number of likely N-dealkylation sites (N-methyl/N-ethyl adjacent to an activating group) is 1. The lowest BCUT2D eigenvalue weighted by atomic mass is 9.72. The molecule has 1 unspecified atom stereocenters. The fraction of sp³-hybridized carbons (Fsp3) is 0.320. The van der Waals surface area contributed by atoms with E-state index in [9.17, 15) is 0 Å². The molecule has 4 nitrogen and oxygen atoms in total. The zero-order valence-corrected chi connectivity index (χ0v) is 17.8. The molecule has 30 heavy (non-hydrogen) atoms. The number of imidazole rings is 1. The van der Waals surface area contributed by atoms with Gasteiger partial charge in [-0.1, -0.05) is 54.1 Å². The molecule has 1 saturated heterocycles. The van der Waals surface area contributed by atoms with Gasteiger partial charge in [-0.25, -0.2) is 4.98 Å². The Morgan fingerprint density at radius 1 is 1.13 bits per heavy atom. The van der Waals surface area contributed by atoms with Crippen LogP contribution >= 0.6 is 11.6 Å². The predicted molar refractivity (Wildman–Crippen MR) is 122 cm³/mol. The van der Waals surface area contributed by atoms with Crippen LogP contribution in [-0.2, 0) is 13.0 Å². The molecule has 6 rings (SSSR count). The number of fused-ring (bicyclic) bond motifs is 2. The summed E-state index contributed by atoms with van der Waals surface area (Å²) in [4.78, 5) is 10.6. The highest BCUT2D eigenvalue weighted by Gasteiger charge is 2.40. The maximum Gasteiger partial charge on any atom is 0.139 e. The van der Waals surface area contributed by atoms with Gasteiger partial charge in [-0.2, -0.15) is 0 Å². The Morgan fingerprint density at radius 3 is 2.87 bits per heavy atom. The number of likely N-dealkylation sites (tertiary alicyclic amines) is 1. The largest absolute Gasteiger partial charge is 0.345 e. The molecule has 2 aromatic heterocycles. The van der Waals surface area contributed by atoms with Crippen molar-refractivity contribution in [3.8, 4) is 11.4 Å². The molecule has 152 valence electrons. The summed E-state index contributed by atoms with van der Waals surface area (Å²) >= 11 is 6.57. The lowest BCUT2D eigenvalue weighted by molar-refractivity contribution is 0.104. The van der Waals surface area contributed by atoms with Crippen LogP contribution in [0.15, 0.2) is 60.9 Å². The average Bonchev–Trinajstić information content (AvgIpc) is 3.35. The van der Waals surface area contributed by atoms with Crippen molar-refractivity contribution in [3.05, 3.63) is 77.2 Å². The fourth-order valence-electron chi connectivity index (χ4n) is 5.81. The van der Waals surface area contributed by atoms with Gasteiger partial charge in [-0.15, -0.1) is 0 Å². The van der Waals surface area contributed by atoms with Gasteiger partial charge in [0, 0.05) is 53.9 Å². The number of aromatic amines is 1. The number of nitrogens with zero attached hydrogens (tertiary/aromatic N) is 3. The number of benzene rings is 2. The molecule has 2 aromatic carbocycles. The summed E-state index contributed by atoms with van der Waals surface area (Å²) in [5.74, 6) is 2.19. The van der Waals surface area contributed by atoms with Crippen LogP contribution in [-0.4, -0.2) is 39.1 Å². The third-order valence-corrected chi connectivity index (χ3v) is 7.41. The van der Waals surface area contributed by atoms with E-state index < -0.39 is 0 Å². The Hall–Kier alpha value is -2.56. The zero-order chi connectivity index (χ0) is 20.2. The van der Waals surface area contributed by atoms with Crippen LogP contribution in [0.2, 0.25) is 5.15 Å². The summed E-state index contributed by atoms with van der Waals surface area (Å²) in [5, 5.41) is 2.18. The van der Waals surface area contributed by atoms with Crippen LogP contribution in [0, 0.1) is 5.92 Å². The molecule has 0 saturated carbocycles. The standard InChI is InChI=1S/C25H25ClN4/c1-29-14-16(15-30-11-10-27-25(30)17-6-3-2-4-7-17)12-19-18-8-5-9-21-23(18)20(13-22(19)29)24(26)28-21/h2-11,16,19,22,28H,12-15H2,1H3/t16-,19?,22-/m1/s1. The van der Waals surface area contributed by atoms with Gasteiger partial charge in [0.1, 0.15) is 11.0 Å². The summed E-state index contributed by atoms with van der Waals surface area (Å²) in [6.45, 7) is 2.09. The molecule has 0 bridgehead atoms. The maximum atomic E-state index is 6.57. The number of halogens is 1. The molecule has 3 heterocycles. The Bertz CT molecular complexity index is 1210. The number of aromatic nitrogens is 3. The average molecular weight is 417 g/mol. The minimum absolute atomic E-state index is 0.518.